The predicted molar refractivity (Wildman–Crippen MR) is 86.4 cm³/mol. The number of nitrogens with one attached hydrogen (secondary N) is 1. The van der Waals surface area contributed by atoms with Gasteiger partial charge in [-0.15, -0.1) is 0 Å². The maximum atomic E-state index is 4.08. The molecule has 0 radical (unpaired) electrons. The van der Waals surface area contributed by atoms with Crippen LogP contribution in [0.4, 0.5) is 0 Å². The van der Waals surface area contributed by atoms with Crippen molar-refractivity contribution >= 4 is 0 Å². The molecule has 112 valence electrons. The highest BCUT2D eigenvalue weighted by Crippen LogP contribution is 2.33. The monoisotopic (exact) mass is 283 g/mol. The molecule has 1 saturated carbocycles. The molecule has 2 aromatic rings. The maximum absolute atomic E-state index is 4.08. The summed E-state index contributed by atoms with van der Waals surface area (Å²) >= 11 is 0. The van der Waals surface area contributed by atoms with Gasteiger partial charge in [-0.3, -0.25) is 0 Å². The van der Waals surface area contributed by atoms with E-state index in [0.717, 1.165) is 24.1 Å². The van der Waals surface area contributed by atoms with Crippen LogP contribution in [0.15, 0.2) is 43.0 Å². The van der Waals surface area contributed by atoms with Gasteiger partial charge in [-0.05, 0) is 42.4 Å². The Morgan fingerprint density at radius 3 is 2.67 bits per heavy atom. The van der Waals surface area contributed by atoms with Crippen molar-refractivity contribution in [3.05, 3.63) is 48.5 Å². The van der Waals surface area contributed by atoms with Crippen molar-refractivity contribution in [2.45, 2.75) is 45.7 Å². The van der Waals surface area contributed by atoms with Gasteiger partial charge in [0.2, 0.25) is 0 Å². The Labute approximate surface area is 127 Å². The van der Waals surface area contributed by atoms with Crippen molar-refractivity contribution in [2.75, 3.05) is 0 Å². The first-order chi connectivity index (χ1) is 10.3. The first-order valence-electron chi connectivity index (χ1n) is 8.08. The first-order valence-corrected chi connectivity index (χ1v) is 8.08. The Hall–Kier alpha value is -1.61. The van der Waals surface area contributed by atoms with E-state index in [9.17, 15) is 0 Å². The quantitative estimate of drug-likeness (QED) is 0.905. The number of benzene rings is 1. The third kappa shape index (κ3) is 3.18. The zero-order chi connectivity index (χ0) is 14.7. The van der Waals surface area contributed by atoms with Crippen LogP contribution in [-0.2, 0) is 6.54 Å². The minimum Gasteiger partial charge on any atom is -0.310 e. The summed E-state index contributed by atoms with van der Waals surface area (Å²) in [6.07, 6.45) is 9.64. The Balaban J connectivity index is 1.57. The van der Waals surface area contributed by atoms with Gasteiger partial charge in [-0.25, -0.2) is 4.98 Å². The second-order valence-corrected chi connectivity index (χ2v) is 6.23. The van der Waals surface area contributed by atoms with Crippen molar-refractivity contribution < 1.29 is 0 Å². The van der Waals surface area contributed by atoms with Gasteiger partial charge in [-0.2, -0.15) is 0 Å². The Bertz CT molecular complexity index is 544. The summed E-state index contributed by atoms with van der Waals surface area (Å²) in [7, 11) is 0. The van der Waals surface area contributed by atoms with Crippen LogP contribution in [0.25, 0.3) is 5.69 Å². The fourth-order valence-electron chi connectivity index (χ4n) is 3.56. The topological polar surface area (TPSA) is 29.9 Å². The van der Waals surface area contributed by atoms with Crippen LogP contribution in [0.3, 0.4) is 0 Å². The number of rotatable bonds is 5. The van der Waals surface area contributed by atoms with E-state index in [1.54, 1.807) is 6.20 Å². The van der Waals surface area contributed by atoms with Crippen LogP contribution in [-0.4, -0.2) is 15.6 Å². The molecule has 1 aliphatic carbocycles. The normalized spacial score (nSPS) is 25.3. The van der Waals surface area contributed by atoms with Gasteiger partial charge in [0, 0.05) is 30.7 Å². The minimum absolute atomic E-state index is 0.684. The summed E-state index contributed by atoms with van der Waals surface area (Å²) in [4.78, 5) is 4.08. The van der Waals surface area contributed by atoms with Crippen molar-refractivity contribution in [3.63, 3.8) is 0 Å². The predicted octanol–water partition coefficient (Wildman–Crippen LogP) is 3.79. The molecular weight excluding hydrogens is 258 g/mol. The number of aromatic nitrogens is 2. The number of hydrogen-bond acceptors (Lipinski definition) is 2. The molecule has 1 fully saturated rings. The second-order valence-electron chi connectivity index (χ2n) is 6.23. The largest absolute Gasteiger partial charge is 0.310 e. The van der Waals surface area contributed by atoms with Crippen molar-refractivity contribution in [1.29, 1.82) is 0 Å². The lowest BCUT2D eigenvalue weighted by atomic mass is 9.93. The van der Waals surface area contributed by atoms with Crippen LogP contribution >= 0.6 is 0 Å². The van der Waals surface area contributed by atoms with Crippen molar-refractivity contribution in [1.82, 2.24) is 14.9 Å². The SMILES string of the molecule is CCC1CCC(NCc2ccc(-n3ccnc3)cc2)C1C. The van der Waals surface area contributed by atoms with E-state index >= 15 is 0 Å². The molecule has 3 nitrogen and oxygen atoms in total. The van der Waals surface area contributed by atoms with Crippen LogP contribution in [0.1, 0.15) is 38.7 Å². The van der Waals surface area contributed by atoms with Crippen molar-refractivity contribution in [3.8, 4) is 5.69 Å². The Kier molecular flexibility index (Phi) is 4.39. The molecule has 0 amide bonds. The molecule has 1 aromatic heterocycles. The van der Waals surface area contributed by atoms with Crippen LogP contribution in [0.2, 0.25) is 0 Å². The number of hydrogen-bond donors (Lipinski definition) is 1. The van der Waals surface area contributed by atoms with Crippen LogP contribution in [0, 0.1) is 11.8 Å². The van der Waals surface area contributed by atoms with E-state index < -0.39 is 0 Å². The van der Waals surface area contributed by atoms with E-state index in [1.165, 1.54) is 24.8 Å². The average molecular weight is 283 g/mol. The van der Waals surface area contributed by atoms with E-state index in [-0.39, 0.29) is 0 Å². The summed E-state index contributed by atoms with van der Waals surface area (Å²) < 4.78 is 2.03. The zero-order valence-electron chi connectivity index (χ0n) is 13.0. The minimum atomic E-state index is 0.684. The van der Waals surface area contributed by atoms with Gasteiger partial charge < -0.3 is 9.88 Å². The lowest BCUT2D eigenvalue weighted by molar-refractivity contribution is 0.344. The Morgan fingerprint density at radius 1 is 1.24 bits per heavy atom. The van der Waals surface area contributed by atoms with Crippen LogP contribution in [0.5, 0.6) is 0 Å². The summed E-state index contributed by atoms with van der Waals surface area (Å²) in [6.45, 7) is 5.69. The van der Waals surface area contributed by atoms with Gasteiger partial charge in [0.25, 0.3) is 0 Å². The molecular formula is C18H25N3. The van der Waals surface area contributed by atoms with E-state index in [1.807, 2.05) is 17.1 Å². The molecule has 1 heterocycles. The molecule has 0 bridgehead atoms. The van der Waals surface area contributed by atoms with E-state index in [2.05, 4.69) is 48.4 Å². The number of nitrogens with zero attached hydrogens (tertiary/aromatic N) is 2. The van der Waals surface area contributed by atoms with E-state index in [0.29, 0.717) is 6.04 Å². The first kappa shape index (κ1) is 14.3. The molecule has 1 aliphatic rings. The molecule has 21 heavy (non-hydrogen) atoms. The molecule has 3 heteroatoms. The van der Waals surface area contributed by atoms with Gasteiger partial charge in [-0.1, -0.05) is 32.4 Å². The fraction of sp³-hybridized carbons (Fsp3) is 0.500. The lowest BCUT2D eigenvalue weighted by Gasteiger charge is -2.21. The third-order valence-corrected chi connectivity index (χ3v) is 5.06. The standard InChI is InChI=1S/C18H25N3/c1-3-16-6-9-18(14(16)2)20-12-15-4-7-17(8-5-15)21-11-10-19-13-21/h4-5,7-8,10-11,13-14,16,18,20H,3,6,9,12H2,1-2H3. The molecule has 1 aromatic carbocycles. The van der Waals surface area contributed by atoms with Gasteiger partial charge in [0.1, 0.15) is 0 Å². The summed E-state index contributed by atoms with van der Waals surface area (Å²) in [5.74, 6) is 1.71. The second kappa shape index (κ2) is 6.44. The fourth-order valence-corrected chi connectivity index (χ4v) is 3.56. The molecule has 3 unspecified atom stereocenters. The Morgan fingerprint density at radius 2 is 2.05 bits per heavy atom. The number of imidazole rings is 1. The average Bonchev–Trinajstić information content (AvgIpc) is 3.16. The molecule has 3 rings (SSSR count). The molecule has 1 N–H and O–H groups in total. The highest BCUT2D eigenvalue weighted by molar-refractivity contribution is 5.34. The molecule has 0 saturated heterocycles. The molecule has 0 spiro atoms. The maximum Gasteiger partial charge on any atom is 0.0991 e. The van der Waals surface area contributed by atoms with Gasteiger partial charge in [0.05, 0.1) is 6.33 Å². The van der Waals surface area contributed by atoms with Gasteiger partial charge >= 0.3 is 0 Å². The summed E-state index contributed by atoms with van der Waals surface area (Å²) in [5, 5.41) is 3.75. The van der Waals surface area contributed by atoms with Crippen LogP contribution < -0.4 is 5.32 Å². The lowest BCUT2D eigenvalue weighted by Crippen LogP contribution is -2.32. The highest BCUT2D eigenvalue weighted by atomic mass is 15.0. The molecule has 3 atom stereocenters. The van der Waals surface area contributed by atoms with E-state index in [4.69, 9.17) is 0 Å². The third-order valence-electron chi connectivity index (χ3n) is 5.06. The smallest absolute Gasteiger partial charge is 0.0991 e. The molecule has 0 aliphatic heterocycles. The summed E-state index contributed by atoms with van der Waals surface area (Å²) in [6, 6.07) is 9.42. The van der Waals surface area contributed by atoms with Crippen molar-refractivity contribution in [2.24, 2.45) is 11.8 Å². The van der Waals surface area contributed by atoms with Gasteiger partial charge in [0.15, 0.2) is 0 Å². The highest BCUT2D eigenvalue weighted by Gasteiger charge is 2.30. The summed E-state index contributed by atoms with van der Waals surface area (Å²) in [5.41, 5.74) is 2.52. The zero-order valence-corrected chi connectivity index (χ0v) is 13.0.